The van der Waals surface area contributed by atoms with Gasteiger partial charge in [0.05, 0.1) is 66.1 Å². The number of aliphatic hydroxyl groups is 1. The molecule has 0 radical (unpaired) electrons. The molecule has 15 atom stereocenters. The Balaban J connectivity index is 1.04. The second-order valence-corrected chi connectivity index (χ2v) is 22.6. The van der Waals surface area contributed by atoms with Crippen LogP contribution in [0.25, 0.3) is 0 Å². The molecule has 2 amide bonds. The van der Waals surface area contributed by atoms with Crippen molar-refractivity contribution in [2.24, 2.45) is 0 Å². The minimum absolute atomic E-state index is 0.0278. The zero-order chi connectivity index (χ0) is 62.3. The smallest absolute Gasteiger partial charge is 0.217 e. The quantitative estimate of drug-likeness (QED) is 0.0372. The molecule has 7 aromatic carbocycles. The van der Waals surface area contributed by atoms with Gasteiger partial charge in [-0.2, -0.15) is 0 Å². The average molecular weight is 1230 g/mol. The van der Waals surface area contributed by atoms with Gasteiger partial charge in [0.25, 0.3) is 0 Å². The maximum atomic E-state index is 13.9. The number of amides is 2. The molecular weight excluding hydrogens is 1150 g/mol. The first-order valence-corrected chi connectivity index (χ1v) is 30.6. The lowest BCUT2D eigenvalue weighted by atomic mass is 9.93. The minimum Gasteiger partial charge on any atom is -0.388 e. The number of rotatable bonds is 31. The molecule has 90 heavy (non-hydrogen) atoms. The van der Waals surface area contributed by atoms with Gasteiger partial charge in [-0.3, -0.25) is 9.59 Å². The highest BCUT2D eigenvalue weighted by Gasteiger charge is 2.57. The van der Waals surface area contributed by atoms with Crippen LogP contribution in [0, 0.1) is 0 Å². The number of methoxy groups -OCH3 is 1. The van der Waals surface area contributed by atoms with E-state index in [9.17, 15) is 14.7 Å². The highest BCUT2D eigenvalue weighted by atomic mass is 16.8. The molecule has 3 aliphatic rings. The number of benzene rings is 7. The fourth-order valence-electron chi connectivity index (χ4n) is 11.4. The van der Waals surface area contributed by atoms with E-state index in [1.807, 2.05) is 212 Å². The second kappa shape index (κ2) is 34.4. The Bertz CT molecular complexity index is 3170. The van der Waals surface area contributed by atoms with Gasteiger partial charge in [0.1, 0.15) is 73.1 Å². The van der Waals surface area contributed by atoms with Crippen molar-refractivity contribution in [1.82, 2.24) is 10.6 Å². The second-order valence-electron chi connectivity index (χ2n) is 22.6. The molecule has 3 saturated heterocycles. The number of hydrogen-bond donors (Lipinski definition) is 3. The first kappa shape index (κ1) is 65.9. The summed E-state index contributed by atoms with van der Waals surface area (Å²) in [6.45, 7) is 3.75. The summed E-state index contributed by atoms with van der Waals surface area (Å²) in [7, 11) is 1.52. The van der Waals surface area contributed by atoms with Gasteiger partial charge in [-0.25, -0.2) is 0 Å². The third-order valence-corrected chi connectivity index (χ3v) is 15.8. The van der Waals surface area contributed by atoms with E-state index >= 15 is 0 Å². The standard InChI is InChI=1S/C72H82N2O16/c1-49(75)73-61-66(83-43-55-33-19-8-20-34-55)63(77)58(46-79-39-51-25-11-4-12-26-51)86-70(61)89-65-60(48-81-41-53-29-15-6-16-30-53)87-71(62(74-50(2)76)67(65)84-44-56-35-21-9-22-36-56)90-69-68(85-45-57-37-23-10-24-38-57)64(82-42-54-31-17-7-18-32-54)59(88-72(69)78-3)47-80-40-52-27-13-5-14-28-52/h4-38,58-72,77H,39-48H2,1-3H3,(H,73,75)(H,74,76). The zero-order valence-corrected chi connectivity index (χ0v) is 51.0. The normalized spacial score (nSPS) is 26.7. The van der Waals surface area contributed by atoms with Gasteiger partial charge in [-0.05, 0) is 38.9 Å². The first-order valence-electron chi connectivity index (χ1n) is 30.6. The molecule has 3 aliphatic heterocycles. The molecular formula is C72H82N2O16. The van der Waals surface area contributed by atoms with Crippen LogP contribution in [-0.2, 0) is 117 Å². The molecule has 476 valence electrons. The van der Waals surface area contributed by atoms with E-state index in [1.165, 1.54) is 21.0 Å². The topological polar surface area (TPSA) is 198 Å². The Kier molecular flexibility index (Phi) is 25.2. The van der Waals surface area contributed by atoms with Crippen LogP contribution in [0.1, 0.15) is 52.8 Å². The summed E-state index contributed by atoms with van der Waals surface area (Å²) >= 11 is 0. The molecule has 3 N–H and O–H groups in total. The van der Waals surface area contributed by atoms with E-state index in [0.717, 1.165) is 38.9 Å². The van der Waals surface area contributed by atoms with E-state index < -0.39 is 104 Å². The monoisotopic (exact) mass is 1230 g/mol. The predicted octanol–water partition coefficient (Wildman–Crippen LogP) is 8.94. The minimum atomic E-state index is -1.38. The summed E-state index contributed by atoms with van der Waals surface area (Å²) in [6.07, 6.45) is -14.5. The summed E-state index contributed by atoms with van der Waals surface area (Å²) in [5.74, 6) is -0.885. The third-order valence-electron chi connectivity index (χ3n) is 15.8. The van der Waals surface area contributed by atoms with Gasteiger partial charge in [-0.1, -0.05) is 212 Å². The molecule has 0 saturated carbocycles. The molecule has 18 heteroatoms. The fraction of sp³-hybridized carbons (Fsp3) is 0.389. The summed E-state index contributed by atoms with van der Waals surface area (Å²) in [6, 6.07) is 65.5. The Morgan fingerprint density at radius 2 is 0.644 bits per heavy atom. The van der Waals surface area contributed by atoms with Crippen LogP contribution >= 0.6 is 0 Å². The lowest BCUT2D eigenvalue weighted by molar-refractivity contribution is -0.375. The molecule has 0 spiro atoms. The largest absolute Gasteiger partial charge is 0.388 e. The zero-order valence-electron chi connectivity index (χ0n) is 51.0. The first-order chi connectivity index (χ1) is 44.1. The van der Waals surface area contributed by atoms with Crippen molar-refractivity contribution in [1.29, 1.82) is 0 Å². The van der Waals surface area contributed by atoms with Crippen molar-refractivity contribution < 1.29 is 76.3 Å². The summed E-state index contributed by atoms with van der Waals surface area (Å²) in [5.41, 5.74) is 6.22. The number of hydrogen-bond acceptors (Lipinski definition) is 16. The van der Waals surface area contributed by atoms with Crippen LogP contribution in [0.5, 0.6) is 0 Å². The maximum absolute atomic E-state index is 13.9. The van der Waals surface area contributed by atoms with Crippen molar-refractivity contribution >= 4 is 11.8 Å². The number of carbonyl (C=O) groups excluding carboxylic acids is 2. The van der Waals surface area contributed by atoms with E-state index in [2.05, 4.69) is 10.6 Å². The lowest BCUT2D eigenvalue weighted by Crippen LogP contribution is -2.71. The van der Waals surface area contributed by atoms with Crippen molar-refractivity contribution in [2.75, 3.05) is 26.9 Å². The number of nitrogens with one attached hydrogen (secondary N) is 2. The molecule has 0 bridgehead atoms. The average Bonchev–Trinajstić information content (AvgIpc) is 0.853. The van der Waals surface area contributed by atoms with Crippen molar-refractivity contribution in [3.8, 4) is 0 Å². The van der Waals surface area contributed by atoms with E-state index in [4.69, 9.17) is 61.6 Å². The Morgan fingerprint density at radius 1 is 0.356 bits per heavy atom. The van der Waals surface area contributed by atoms with Crippen LogP contribution < -0.4 is 10.6 Å². The summed E-state index contributed by atoms with van der Waals surface area (Å²) < 4.78 is 89.0. The molecule has 18 nitrogen and oxygen atoms in total. The molecule has 15 unspecified atom stereocenters. The molecule has 0 aromatic heterocycles. The highest BCUT2D eigenvalue weighted by molar-refractivity contribution is 5.73. The van der Waals surface area contributed by atoms with Crippen molar-refractivity contribution in [2.45, 2.75) is 152 Å². The number of carbonyl (C=O) groups is 2. The third kappa shape index (κ3) is 19.0. The van der Waals surface area contributed by atoms with Crippen LogP contribution in [0.2, 0.25) is 0 Å². The molecule has 0 aliphatic carbocycles. The molecule has 7 aromatic rings. The Hall–Kier alpha value is -7.08. The Morgan fingerprint density at radius 3 is 1.02 bits per heavy atom. The molecule has 3 fully saturated rings. The van der Waals surface area contributed by atoms with E-state index in [0.29, 0.717) is 6.61 Å². The highest BCUT2D eigenvalue weighted by Crippen LogP contribution is 2.38. The van der Waals surface area contributed by atoms with Gasteiger partial charge >= 0.3 is 0 Å². The van der Waals surface area contributed by atoms with E-state index in [1.54, 1.807) is 0 Å². The molecule has 3 heterocycles. The maximum Gasteiger partial charge on any atom is 0.217 e. The van der Waals surface area contributed by atoms with Crippen LogP contribution in [-0.4, -0.2) is 136 Å². The lowest BCUT2D eigenvalue weighted by Gasteiger charge is -2.51. The summed E-state index contributed by atoms with van der Waals surface area (Å²) in [4.78, 5) is 27.4. The number of ether oxygens (including phenoxy) is 13. The summed E-state index contributed by atoms with van der Waals surface area (Å²) in [5, 5.41) is 18.5. The molecule has 10 rings (SSSR count). The number of aliphatic hydroxyl groups excluding tert-OH is 1. The van der Waals surface area contributed by atoms with Gasteiger partial charge in [-0.15, -0.1) is 0 Å². The fourth-order valence-corrected chi connectivity index (χ4v) is 11.4. The predicted molar refractivity (Wildman–Crippen MR) is 332 cm³/mol. The van der Waals surface area contributed by atoms with Gasteiger partial charge in [0.2, 0.25) is 11.8 Å². The SMILES string of the molecule is COC1OC(COCc2ccccc2)C(OCc2ccccc2)C(OCc2ccccc2)C1OC1OC(COCc2ccccc2)C(OC2OC(COCc3ccccc3)C(O)C(OCc3ccccc3)C2NC(C)=O)C(OCc2ccccc2)C1NC(C)=O. The van der Waals surface area contributed by atoms with Gasteiger partial charge in [0.15, 0.2) is 18.9 Å². The van der Waals surface area contributed by atoms with Gasteiger partial charge in [0, 0.05) is 21.0 Å². The van der Waals surface area contributed by atoms with E-state index in [-0.39, 0.29) is 59.5 Å². The van der Waals surface area contributed by atoms with Gasteiger partial charge < -0.3 is 77.3 Å². The van der Waals surface area contributed by atoms with Crippen molar-refractivity contribution in [3.63, 3.8) is 0 Å². The van der Waals surface area contributed by atoms with Crippen LogP contribution in [0.15, 0.2) is 212 Å². The van der Waals surface area contributed by atoms with Crippen LogP contribution in [0.3, 0.4) is 0 Å². The van der Waals surface area contributed by atoms with Crippen LogP contribution in [0.4, 0.5) is 0 Å². The Labute approximate surface area is 526 Å². The van der Waals surface area contributed by atoms with Crippen molar-refractivity contribution in [3.05, 3.63) is 251 Å².